The molecule has 1 aliphatic heterocycles. The smallest absolute Gasteiger partial charge is 0.412 e. The number of rotatable bonds is 2. The second kappa shape index (κ2) is 7.10. The molecule has 0 saturated carbocycles. The quantitative estimate of drug-likeness (QED) is 0.643. The SMILES string of the molecule is CC(C)(C)OC(=O)Nc1ccc(C(=O)NC2=NCC(N)S2)c(O)c1. The van der Waals surface area contributed by atoms with Crippen molar-refractivity contribution in [1.29, 1.82) is 0 Å². The summed E-state index contributed by atoms with van der Waals surface area (Å²) in [5, 5.41) is 15.3. The third-order valence-corrected chi connectivity index (χ3v) is 3.69. The van der Waals surface area contributed by atoms with Gasteiger partial charge in [0, 0.05) is 11.8 Å². The number of phenols is 1. The average Bonchev–Trinajstić information content (AvgIpc) is 2.81. The van der Waals surface area contributed by atoms with Gasteiger partial charge in [-0.25, -0.2) is 4.79 Å². The number of amidine groups is 1. The summed E-state index contributed by atoms with van der Waals surface area (Å²) in [7, 11) is 0. The van der Waals surface area contributed by atoms with E-state index in [0.717, 1.165) is 0 Å². The molecule has 1 heterocycles. The first-order valence-electron chi connectivity index (χ1n) is 7.25. The van der Waals surface area contributed by atoms with Crippen molar-refractivity contribution in [2.45, 2.75) is 31.7 Å². The van der Waals surface area contributed by atoms with Crippen LogP contribution in [0.1, 0.15) is 31.1 Å². The number of amides is 2. The van der Waals surface area contributed by atoms with Crippen LogP contribution >= 0.6 is 11.8 Å². The Kier molecular flexibility index (Phi) is 5.35. The van der Waals surface area contributed by atoms with Gasteiger partial charge in [-0.05, 0) is 32.9 Å². The topological polar surface area (TPSA) is 126 Å². The first-order valence-corrected chi connectivity index (χ1v) is 8.13. The molecule has 1 aromatic carbocycles. The van der Waals surface area contributed by atoms with Gasteiger partial charge in [-0.15, -0.1) is 0 Å². The molecule has 2 rings (SSSR count). The first-order chi connectivity index (χ1) is 11.1. The Morgan fingerprint density at radius 1 is 1.38 bits per heavy atom. The molecule has 1 atom stereocenters. The zero-order valence-corrected chi connectivity index (χ0v) is 14.4. The normalized spacial score (nSPS) is 17.2. The fourth-order valence-electron chi connectivity index (χ4n) is 1.85. The molecule has 0 bridgehead atoms. The maximum absolute atomic E-state index is 12.1. The Bertz CT molecular complexity index is 685. The van der Waals surface area contributed by atoms with Crippen LogP contribution in [-0.2, 0) is 4.74 Å². The van der Waals surface area contributed by atoms with Gasteiger partial charge >= 0.3 is 6.09 Å². The Morgan fingerprint density at radius 3 is 2.62 bits per heavy atom. The second-order valence-corrected chi connectivity index (χ2v) is 7.34. The predicted molar refractivity (Wildman–Crippen MR) is 93.3 cm³/mol. The van der Waals surface area contributed by atoms with E-state index >= 15 is 0 Å². The molecule has 1 unspecified atom stereocenters. The fraction of sp³-hybridized carbons (Fsp3) is 0.400. The van der Waals surface area contributed by atoms with Gasteiger partial charge in [-0.1, -0.05) is 11.8 Å². The van der Waals surface area contributed by atoms with Crippen LogP contribution in [0, 0.1) is 0 Å². The number of ether oxygens (including phenoxy) is 1. The molecule has 8 nitrogen and oxygen atoms in total. The molecule has 130 valence electrons. The highest BCUT2D eigenvalue weighted by molar-refractivity contribution is 8.14. The number of nitrogens with two attached hydrogens (primary N) is 1. The third-order valence-electron chi connectivity index (χ3n) is 2.79. The number of carbonyl (C=O) groups excluding carboxylic acids is 2. The number of nitrogens with zero attached hydrogens (tertiary/aromatic N) is 1. The number of anilines is 1. The Labute approximate surface area is 143 Å². The van der Waals surface area contributed by atoms with Crippen molar-refractivity contribution < 1.29 is 19.4 Å². The van der Waals surface area contributed by atoms with Gasteiger partial charge in [-0.3, -0.25) is 15.1 Å². The number of phenolic OH excluding ortho intramolecular Hbond substituents is 1. The number of aliphatic imine (C=N–C) groups is 1. The number of nitrogens with one attached hydrogen (secondary N) is 2. The highest BCUT2D eigenvalue weighted by Crippen LogP contribution is 2.23. The van der Waals surface area contributed by atoms with E-state index < -0.39 is 17.6 Å². The minimum atomic E-state index is -0.648. The lowest BCUT2D eigenvalue weighted by Gasteiger charge is -2.19. The predicted octanol–water partition coefficient (Wildman–Crippen LogP) is 1.86. The van der Waals surface area contributed by atoms with E-state index in [0.29, 0.717) is 17.4 Å². The molecule has 0 aromatic heterocycles. The minimum absolute atomic E-state index is 0.0634. The fourth-order valence-corrected chi connectivity index (χ4v) is 2.58. The highest BCUT2D eigenvalue weighted by atomic mass is 32.2. The van der Waals surface area contributed by atoms with Crippen molar-refractivity contribution in [2.75, 3.05) is 11.9 Å². The Balaban J connectivity index is 2.01. The summed E-state index contributed by atoms with van der Waals surface area (Å²) < 4.78 is 5.12. The van der Waals surface area contributed by atoms with Gasteiger partial charge < -0.3 is 20.9 Å². The van der Waals surface area contributed by atoms with E-state index in [4.69, 9.17) is 10.5 Å². The molecule has 2 amide bonds. The van der Waals surface area contributed by atoms with Gasteiger partial charge in [0.05, 0.1) is 17.5 Å². The van der Waals surface area contributed by atoms with Crippen LogP contribution in [-0.4, -0.2) is 39.8 Å². The number of benzene rings is 1. The van der Waals surface area contributed by atoms with Crippen molar-refractivity contribution in [2.24, 2.45) is 10.7 Å². The molecule has 0 aliphatic carbocycles. The van der Waals surface area contributed by atoms with E-state index in [9.17, 15) is 14.7 Å². The van der Waals surface area contributed by atoms with Crippen LogP contribution in [0.2, 0.25) is 0 Å². The molecule has 0 radical (unpaired) electrons. The average molecular weight is 352 g/mol. The molecule has 24 heavy (non-hydrogen) atoms. The summed E-state index contributed by atoms with van der Waals surface area (Å²) in [4.78, 5) is 27.9. The summed E-state index contributed by atoms with van der Waals surface area (Å²) in [6, 6.07) is 4.17. The maximum Gasteiger partial charge on any atom is 0.412 e. The number of thioether (sulfide) groups is 1. The van der Waals surface area contributed by atoms with Crippen molar-refractivity contribution in [3.05, 3.63) is 23.8 Å². The number of carbonyl (C=O) groups is 2. The zero-order valence-electron chi connectivity index (χ0n) is 13.6. The lowest BCUT2D eigenvalue weighted by Crippen LogP contribution is -2.28. The van der Waals surface area contributed by atoms with Crippen molar-refractivity contribution in [3.63, 3.8) is 0 Å². The molecule has 5 N–H and O–H groups in total. The van der Waals surface area contributed by atoms with Crippen molar-refractivity contribution in [1.82, 2.24) is 5.32 Å². The lowest BCUT2D eigenvalue weighted by atomic mass is 10.1. The molecule has 0 spiro atoms. The van der Waals surface area contributed by atoms with Gasteiger partial charge in [0.2, 0.25) is 0 Å². The van der Waals surface area contributed by atoms with Crippen LogP contribution in [0.3, 0.4) is 0 Å². The molecule has 9 heteroatoms. The largest absolute Gasteiger partial charge is 0.507 e. The van der Waals surface area contributed by atoms with E-state index in [1.807, 2.05) is 0 Å². The van der Waals surface area contributed by atoms with Crippen LogP contribution in [0.5, 0.6) is 5.75 Å². The van der Waals surface area contributed by atoms with E-state index in [1.165, 1.54) is 30.0 Å². The maximum atomic E-state index is 12.1. The van der Waals surface area contributed by atoms with E-state index in [2.05, 4.69) is 15.6 Å². The van der Waals surface area contributed by atoms with E-state index in [-0.39, 0.29) is 16.7 Å². The molecule has 0 fully saturated rings. The molecular formula is C15H20N4O4S. The van der Waals surface area contributed by atoms with E-state index in [1.54, 1.807) is 20.8 Å². The van der Waals surface area contributed by atoms with Gasteiger partial charge in [0.1, 0.15) is 11.4 Å². The second-order valence-electron chi connectivity index (χ2n) is 6.12. The van der Waals surface area contributed by atoms with Gasteiger partial charge in [0.15, 0.2) is 5.17 Å². The summed E-state index contributed by atoms with van der Waals surface area (Å²) in [5.74, 6) is -0.773. The van der Waals surface area contributed by atoms with Crippen LogP contribution in [0.15, 0.2) is 23.2 Å². The zero-order chi connectivity index (χ0) is 17.9. The van der Waals surface area contributed by atoms with Gasteiger partial charge in [0.25, 0.3) is 5.91 Å². The summed E-state index contributed by atoms with van der Waals surface area (Å²) in [6.45, 7) is 5.67. The third kappa shape index (κ3) is 5.14. The monoisotopic (exact) mass is 352 g/mol. The molecule has 0 saturated heterocycles. The Hall–Kier alpha value is -2.26. The number of hydrogen-bond donors (Lipinski definition) is 4. The minimum Gasteiger partial charge on any atom is -0.507 e. The highest BCUT2D eigenvalue weighted by Gasteiger charge is 2.20. The van der Waals surface area contributed by atoms with Crippen LogP contribution < -0.4 is 16.4 Å². The molecular weight excluding hydrogens is 332 g/mol. The summed E-state index contributed by atoms with van der Waals surface area (Å²) in [5.41, 5.74) is 5.42. The number of aromatic hydroxyl groups is 1. The van der Waals surface area contributed by atoms with Gasteiger partial charge in [-0.2, -0.15) is 0 Å². The van der Waals surface area contributed by atoms with Crippen molar-refractivity contribution in [3.8, 4) is 5.75 Å². The summed E-state index contributed by atoms with van der Waals surface area (Å²) >= 11 is 1.25. The Morgan fingerprint density at radius 2 is 2.08 bits per heavy atom. The summed E-state index contributed by atoms with van der Waals surface area (Å²) in [6.07, 6.45) is -0.648. The molecule has 1 aromatic rings. The number of hydrogen-bond acceptors (Lipinski definition) is 7. The van der Waals surface area contributed by atoms with Crippen LogP contribution in [0.4, 0.5) is 10.5 Å². The van der Waals surface area contributed by atoms with Crippen LogP contribution in [0.25, 0.3) is 0 Å². The van der Waals surface area contributed by atoms with Crippen molar-refractivity contribution >= 4 is 34.6 Å². The standard InChI is InChI=1S/C15H20N4O4S/c1-15(2,3)23-14(22)18-8-4-5-9(10(20)6-8)12(21)19-13-17-7-11(16)24-13/h4-6,11,20H,7,16H2,1-3H3,(H,18,22)(H,17,19,21). The lowest BCUT2D eigenvalue weighted by molar-refractivity contribution is 0.0636. The first kappa shape index (κ1) is 18.1. The molecule has 1 aliphatic rings.